The molecule has 0 N–H and O–H groups in total. The maximum Gasteiger partial charge on any atom is 0.179 e. The topological polar surface area (TPSA) is 32.3 Å². The van der Waals surface area contributed by atoms with Crippen LogP contribution in [0.5, 0.6) is 0 Å². The summed E-state index contributed by atoms with van der Waals surface area (Å²) in [4.78, 5) is 14.9. The van der Waals surface area contributed by atoms with E-state index in [0.29, 0.717) is 6.67 Å². The predicted octanol–water partition coefficient (Wildman–Crippen LogP) is 6.00. The molecule has 0 amide bonds. The fourth-order valence-corrected chi connectivity index (χ4v) is 4.06. The Labute approximate surface area is 171 Å². The molecule has 1 aliphatic rings. The van der Waals surface area contributed by atoms with Gasteiger partial charge in [0.15, 0.2) is 11.6 Å². The van der Waals surface area contributed by atoms with Crippen molar-refractivity contribution < 1.29 is 0 Å². The molecule has 4 nitrogen and oxygen atoms in total. The minimum absolute atomic E-state index is 0.697. The molecule has 0 saturated carbocycles. The van der Waals surface area contributed by atoms with Crippen LogP contribution in [0, 0.1) is 0 Å². The quantitative estimate of drug-likeness (QED) is 0.434. The highest BCUT2D eigenvalue weighted by Crippen LogP contribution is 2.43. The molecule has 0 spiro atoms. The molecule has 0 fully saturated rings. The summed E-state index contributed by atoms with van der Waals surface area (Å²) in [5.41, 5.74) is 6.82. The van der Waals surface area contributed by atoms with Crippen molar-refractivity contribution in [2.75, 3.05) is 16.5 Å². The first-order valence-electron chi connectivity index (χ1n) is 10.3. The van der Waals surface area contributed by atoms with Crippen LogP contribution in [-0.4, -0.2) is 16.6 Å². The van der Waals surface area contributed by atoms with Crippen molar-refractivity contribution in [2.45, 2.75) is 26.7 Å². The van der Waals surface area contributed by atoms with Crippen molar-refractivity contribution >= 4 is 34.0 Å². The van der Waals surface area contributed by atoms with Gasteiger partial charge in [-0.05, 0) is 48.2 Å². The third kappa shape index (κ3) is 2.92. The lowest BCUT2D eigenvalue weighted by molar-refractivity contribution is 0.977. The van der Waals surface area contributed by atoms with E-state index in [4.69, 9.17) is 9.97 Å². The van der Waals surface area contributed by atoms with Gasteiger partial charge in [-0.1, -0.05) is 62.4 Å². The molecular weight excluding hydrogens is 356 g/mol. The molecule has 5 rings (SSSR count). The van der Waals surface area contributed by atoms with Gasteiger partial charge in [0.2, 0.25) is 0 Å². The first kappa shape index (κ1) is 17.7. The zero-order valence-electron chi connectivity index (χ0n) is 16.8. The van der Waals surface area contributed by atoms with E-state index in [0.717, 1.165) is 46.9 Å². The van der Waals surface area contributed by atoms with Gasteiger partial charge in [-0.2, -0.15) is 0 Å². The molecule has 0 radical (unpaired) electrons. The second kappa shape index (κ2) is 7.21. The molecule has 1 aromatic heterocycles. The lowest BCUT2D eigenvalue weighted by atomic mass is 10.0. The van der Waals surface area contributed by atoms with Crippen LogP contribution in [0.15, 0.2) is 72.8 Å². The van der Waals surface area contributed by atoms with Crippen LogP contribution >= 0.6 is 0 Å². The number of hydrogen-bond acceptors (Lipinski definition) is 4. The Hall–Kier alpha value is -3.40. The standard InChI is InChI=1S/C25H24N4/c1-3-18-15-16-19(4-2)23-22(18)26-24-25(27-23)29(21-13-9-6-10-14-21)17-28(24)20-11-7-5-8-12-20/h5-16H,3-4,17H2,1-2H3. The first-order chi connectivity index (χ1) is 14.3. The Kier molecular flexibility index (Phi) is 4.39. The Morgan fingerprint density at radius 3 is 1.41 bits per heavy atom. The number of rotatable bonds is 4. The number of aromatic nitrogens is 2. The number of nitrogens with zero attached hydrogens (tertiary/aromatic N) is 4. The predicted molar refractivity (Wildman–Crippen MR) is 120 cm³/mol. The Balaban J connectivity index is 1.77. The molecular formula is C25H24N4. The van der Waals surface area contributed by atoms with Crippen LogP contribution in [0.4, 0.5) is 23.0 Å². The van der Waals surface area contributed by atoms with Crippen molar-refractivity contribution in [3.63, 3.8) is 0 Å². The van der Waals surface area contributed by atoms with Crippen LogP contribution in [0.2, 0.25) is 0 Å². The van der Waals surface area contributed by atoms with Crippen molar-refractivity contribution in [1.29, 1.82) is 0 Å². The maximum absolute atomic E-state index is 5.19. The number of para-hydroxylation sites is 2. The largest absolute Gasteiger partial charge is 0.305 e. The number of anilines is 4. The third-order valence-corrected chi connectivity index (χ3v) is 5.65. The van der Waals surface area contributed by atoms with Crippen molar-refractivity contribution in [1.82, 2.24) is 9.97 Å². The Morgan fingerprint density at radius 1 is 0.621 bits per heavy atom. The summed E-state index contributed by atoms with van der Waals surface area (Å²) in [6.45, 7) is 5.06. The van der Waals surface area contributed by atoms with E-state index < -0.39 is 0 Å². The Bertz CT molecular complexity index is 1060. The highest BCUT2D eigenvalue weighted by Gasteiger charge is 2.32. The van der Waals surface area contributed by atoms with Crippen LogP contribution < -0.4 is 9.80 Å². The molecule has 4 aromatic rings. The van der Waals surface area contributed by atoms with E-state index >= 15 is 0 Å². The van der Waals surface area contributed by atoms with Gasteiger partial charge in [0, 0.05) is 11.4 Å². The molecule has 1 aliphatic heterocycles. The van der Waals surface area contributed by atoms with E-state index in [1.165, 1.54) is 11.1 Å². The molecule has 3 aromatic carbocycles. The lowest BCUT2D eigenvalue weighted by Gasteiger charge is -2.20. The van der Waals surface area contributed by atoms with Crippen molar-refractivity contribution in [2.24, 2.45) is 0 Å². The van der Waals surface area contributed by atoms with Gasteiger partial charge in [0.25, 0.3) is 0 Å². The number of fused-ring (bicyclic) bond motifs is 2. The molecule has 0 bridgehead atoms. The van der Waals surface area contributed by atoms with Gasteiger partial charge in [-0.3, -0.25) is 0 Å². The van der Waals surface area contributed by atoms with Crippen molar-refractivity contribution in [3.8, 4) is 0 Å². The number of aryl methyl sites for hydroxylation is 2. The fourth-order valence-electron chi connectivity index (χ4n) is 4.06. The normalized spacial score (nSPS) is 13.2. The van der Waals surface area contributed by atoms with Gasteiger partial charge < -0.3 is 9.80 Å². The summed E-state index contributed by atoms with van der Waals surface area (Å²) in [5.74, 6) is 1.85. The second-order valence-electron chi connectivity index (χ2n) is 7.33. The average molecular weight is 380 g/mol. The monoisotopic (exact) mass is 380 g/mol. The summed E-state index contributed by atoms with van der Waals surface area (Å²) < 4.78 is 0. The number of hydrogen-bond donors (Lipinski definition) is 0. The molecule has 0 unspecified atom stereocenters. The Morgan fingerprint density at radius 2 is 1.03 bits per heavy atom. The van der Waals surface area contributed by atoms with Crippen molar-refractivity contribution in [3.05, 3.63) is 83.9 Å². The molecule has 2 heterocycles. The fraction of sp³-hybridized carbons (Fsp3) is 0.200. The van der Waals surface area contributed by atoms with Crippen LogP contribution in [0.25, 0.3) is 11.0 Å². The zero-order valence-corrected chi connectivity index (χ0v) is 16.8. The molecule has 4 heteroatoms. The molecule has 0 aliphatic carbocycles. The van der Waals surface area contributed by atoms with Gasteiger partial charge in [0.05, 0.1) is 11.0 Å². The average Bonchev–Trinajstić information content (AvgIpc) is 3.16. The molecule has 144 valence electrons. The maximum atomic E-state index is 5.19. The summed E-state index contributed by atoms with van der Waals surface area (Å²) >= 11 is 0. The minimum Gasteiger partial charge on any atom is -0.305 e. The van der Waals surface area contributed by atoms with Crippen LogP contribution in [-0.2, 0) is 12.8 Å². The number of benzene rings is 3. The van der Waals surface area contributed by atoms with Gasteiger partial charge >= 0.3 is 0 Å². The third-order valence-electron chi connectivity index (χ3n) is 5.65. The van der Waals surface area contributed by atoms with Crippen LogP contribution in [0.1, 0.15) is 25.0 Å². The summed E-state index contributed by atoms with van der Waals surface area (Å²) in [6.07, 6.45) is 1.89. The SMILES string of the molecule is CCc1ccc(CC)c2nc3c(nc12)N(c1ccccc1)CN3c1ccccc1. The zero-order chi connectivity index (χ0) is 19.8. The van der Waals surface area contributed by atoms with Crippen LogP contribution in [0.3, 0.4) is 0 Å². The van der Waals surface area contributed by atoms with Gasteiger partial charge in [0.1, 0.15) is 6.67 Å². The second-order valence-corrected chi connectivity index (χ2v) is 7.33. The highest BCUT2D eigenvalue weighted by atomic mass is 15.4. The van der Waals surface area contributed by atoms with Gasteiger partial charge in [-0.15, -0.1) is 0 Å². The molecule has 0 atom stereocenters. The summed E-state index contributed by atoms with van der Waals surface area (Å²) in [7, 11) is 0. The van der Waals surface area contributed by atoms with E-state index in [-0.39, 0.29) is 0 Å². The summed E-state index contributed by atoms with van der Waals surface area (Å²) in [5, 5.41) is 0. The molecule has 0 saturated heterocycles. The highest BCUT2D eigenvalue weighted by molar-refractivity contribution is 5.91. The smallest absolute Gasteiger partial charge is 0.179 e. The van der Waals surface area contributed by atoms with E-state index in [1.807, 2.05) is 12.1 Å². The van der Waals surface area contributed by atoms with Gasteiger partial charge in [-0.25, -0.2) is 9.97 Å². The minimum atomic E-state index is 0.697. The lowest BCUT2D eigenvalue weighted by Crippen LogP contribution is -2.24. The van der Waals surface area contributed by atoms with E-state index in [9.17, 15) is 0 Å². The van der Waals surface area contributed by atoms with E-state index in [1.54, 1.807) is 0 Å². The van der Waals surface area contributed by atoms with E-state index in [2.05, 4.69) is 84.3 Å². The molecule has 29 heavy (non-hydrogen) atoms. The first-order valence-corrected chi connectivity index (χ1v) is 10.3. The summed E-state index contributed by atoms with van der Waals surface area (Å²) in [6, 6.07) is 25.3.